The summed E-state index contributed by atoms with van der Waals surface area (Å²) in [6, 6.07) is 4.58. The van der Waals surface area contributed by atoms with Gasteiger partial charge in [0, 0.05) is 11.6 Å². The number of nitrogens with one attached hydrogen (secondary N) is 1. The topological polar surface area (TPSA) is 110 Å². The number of carbonyl (C=O) groups excluding carboxylic acids is 2. The molecule has 0 aliphatic carbocycles. The van der Waals surface area contributed by atoms with Crippen molar-refractivity contribution in [3.05, 3.63) is 29.3 Å². The highest BCUT2D eigenvalue weighted by atomic mass is 35.5. The van der Waals surface area contributed by atoms with E-state index in [-0.39, 0.29) is 4.90 Å². The van der Waals surface area contributed by atoms with Crippen LogP contribution < -0.4 is 11.1 Å². The average molecular weight is 360 g/mol. The minimum absolute atomic E-state index is 0.0415. The number of hydrogen-bond donors (Lipinski definition) is 2. The van der Waals surface area contributed by atoms with E-state index in [0.717, 1.165) is 10.7 Å². The van der Waals surface area contributed by atoms with Crippen LogP contribution in [0.1, 0.15) is 19.3 Å². The van der Waals surface area contributed by atoms with Crippen LogP contribution in [-0.2, 0) is 19.6 Å². The molecule has 23 heavy (non-hydrogen) atoms. The second-order valence-corrected chi connectivity index (χ2v) is 7.60. The smallest absolute Gasteiger partial charge is 0.244 e. The Bertz CT molecular complexity index is 690. The molecule has 1 heterocycles. The monoisotopic (exact) mass is 359 g/mol. The number of nitrogens with zero attached hydrogens (tertiary/aromatic N) is 1. The zero-order valence-corrected chi connectivity index (χ0v) is 13.9. The van der Waals surface area contributed by atoms with Gasteiger partial charge in [-0.25, -0.2) is 8.42 Å². The lowest BCUT2D eigenvalue weighted by Gasteiger charge is -2.28. The second-order valence-electron chi connectivity index (χ2n) is 5.27. The molecule has 7 nitrogen and oxygen atoms in total. The van der Waals surface area contributed by atoms with Crippen LogP contribution in [0.5, 0.6) is 0 Å². The summed E-state index contributed by atoms with van der Waals surface area (Å²) in [5.41, 5.74) is 5.19. The van der Waals surface area contributed by atoms with E-state index in [1.807, 2.05) is 0 Å². The molecule has 0 bridgehead atoms. The Morgan fingerprint density at radius 2 is 1.96 bits per heavy atom. The Kier molecular flexibility index (Phi) is 5.61. The van der Waals surface area contributed by atoms with E-state index < -0.39 is 34.4 Å². The van der Waals surface area contributed by atoms with Gasteiger partial charge in [0.2, 0.25) is 21.8 Å². The Labute approximate surface area is 139 Å². The zero-order chi connectivity index (χ0) is 17.0. The van der Waals surface area contributed by atoms with Crippen LogP contribution in [0.4, 0.5) is 0 Å². The third-order valence-electron chi connectivity index (χ3n) is 3.59. The highest BCUT2D eigenvalue weighted by Crippen LogP contribution is 2.23. The number of amides is 2. The Hall–Kier alpha value is -1.64. The molecule has 9 heteroatoms. The zero-order valence-electron chi connectivity index (χ0n) is 12.4. The van der Waals surface area contributed by atoms with Gasteiger partial charge in [-0.2, -0.15) is 4.31 Å². The molecule has 0 unspecified atom stereocenters. The fraction of sp³-hybridized carbons (Fsp3) is 0.429. The van der Waals surface area contributed by atoms with Gasteiger partial charge in [-0.05, 0) is 43.5 Å². The van der Waals surface area contributed by atoms with Crippen molar-refractivity contribution in [2.75, 3.05) is 13.1 Å². The Morgan fingerprint density at radius 1 is 1.30 bits per heavy atom. The summed E-state index contributed by atoms with van der Waals surface area (Å²) < 4.78 is 26.5. The van der Waals surface area contributed by atoms with Gasteiger partial charge in [-0.3, -0.25) is 9.59 Å². The molecule has 126 valence electrons. The fourth-order valence-electron chi connectivity index (χ4n) is 2.46. The van der Waals surface area contributed by atoms with E-state index in [1.165, 1.54) is 24.3 Å². The number of halogens is 1. The molecule has 1 saturated heterocycles. The van der Waals surface area contributed by atoms with Crippen LogP contribution in [0.3, 0.4) is 0 Å². The molecule has 0 spiro atoms. The molecule has 2 amide bonds. The first-order valence-corrected chi connectivity index (χ1v) is 8.97. The first-order chi connectivity index (χ1) is 10.8. The number of primary amides is 1. The number of benzene rings is 1. The van der Waals surface area contributed by atoms with Gasteiger partial charge >= 0.3 is 0 Å². The third-order valence-corrected chi connectivity index (χ3v) is 5.71. The second kappa shape index (κ2) is 7.29. The standard InChI is InChI=1S/C14H18ClN3O4S/c15-10-4-6-11(7-5-10)23(21,22)18(9-13(16)19)12-3-1-2-8-17-14(12)20/h4-7,12H,1-3,8-9H2,(H2,16,19)(H,17,20)/t12-/m1/s1. The SMILES string of the molecule is NC(=O)CN([C@@H]1CCCCNC1=O)S(=O)(=O)c1ccc(Cl)cc1. The van der Waals surface area contributed by atoms with Gasteiger partial charge < -0.3 is 11.1 Å². The predicted molar refractivity (Wildman–Crippen MR) is 85.2 cm³/mol. The van der Waals surface area contributed by atoms with Gasteiger partial charge in [0.1, 0.15) is 6.04 Å². The number of rotatable bonds is 5. The van der Waals surface area contributed by atoms with Gasteiger partial charge in [-0.1, -0.05) is 11.6 Å². The first kappa shape index (κ1) is 17.7. The van der Waals surface area contributed by atoms with Crippen molar-refractivity contribution in [1.82, 2.24) is 9.62 Å². The molecule has 1 fully saturated rings. The number of sulfonamides is 1. The van der Waals surface area contributed by atoms with Crippen molar-refractivity contribution in [2.24, 2.45) is 5.73 Å². The van der Waals surface area contributed by atoms with Crippen molar-refractivity contribution in [3.63, 3.8) is 0 Å². The summed E-state index contributed by atoms with van der Waals surface area (Å²) >= 11 is 5.77. The number of carbonyl (C=O) groups is 2. The molecular weight excluding hydrogens is 342 g/mol. The molecule has 1 atom stereocenters. The maximum Gasteiger partial charge on any atom is 0.244 e. The van der Waals surface area contributed by atoms with Crippen molar-refractivity contribution in [1.29, 1.82) is 0 Å². The van der Waals surface area contributed by atoms with E-state index in [1.54, 1.807) is 0 Å². The molecule has 1 aliphatic heterocycles. The molecule has 0 radical (unpaired) electrons. The minimum Gasteiger partial charge on any atom is -0.369 e. The highest BCUT2D eigenvalue weighted by Gasteiger charge is 2.37. The lowest BCUT2D eigenvalue weighted by atomic mass is 10.1. The van der Waals surface area contributed by atoms with Crippen LogP contribution in [0.15, 0.2) is 29.2 Å². The molecule has 1 aliphatic rings. The van der Waals surface area contributed by atoms with E-state index in [9.17, 15) is 18.0 Å². The molecule has 0 aromatic heterocycles. The summed E-state index contributed by atoms with van der Waals surface area (Å²) in [6.45, 7) is -0.0657. The average Bonchev–Trinajstić information content (AvgIpc) is 2.69. The first-order valence-electron chi connectivity index (χ1n) is 7.16. The summed E-state index contributed by atoms with van der Waals surface area (Å²) in [6.07, 6.45) is 1.77. The third kappa shape index (κ3) is 4.21. The maximum absolute atomic E-state index is 12.8. The highest BCUT2D eigenvalue weighted by molar-refractivity contribution is 7.89. The number of nitrogens with two attached hydrogens (primary N) is 1. The maximum atomic E-state index is 12.8. The molecule has 2 rings (SSSR count). The molecular formula is C14H18ClN3O4S. The van der Waals surface area contributed by atoms with Gasteiger partial charge in [-0.15, -0.1) is 0 Å². The quantitative estimate of drug-likeness (QED) is 0.796. The molecule has 1 aromatic rings. The van der Waals surface area contributed by atoms with Gasteiger partial charge in [0.05, 0.1) is 11.4 Å². The Morgan fingerprint density at radius 3 is 2.57 bits per heavy atom. The van der Waals surface area contributed by atoms with Gasteiger partial charge in [0.15, 0.2) is 0 Å². The van der Waals surface area contributed by atoms with Crippen LogP contribution in [-0.4, -0.2) is 43.7 Å². The lowest BCUT2D eigenvalue weighted by Crippen LogP contribution is -2.51. The van der Waals surface area contributed by atoms with E-state index >= 15 is 0 Å². The molecule has 1 aromatic carbocycles. The van der Waals surface area contributed by atoms with Crippen LogP contribution >= 0.6 is 11.6 Å². The molecule has 0 saturated carbocycles. The van der Waals surface area contributed by atoms with Crippen molar-refractivity contribution in [3.8, 4) is 0 Å². The van der Waals surface area contributed by atoms with Crippen molar-refractivity contribution < 1.29 is 18.0 Å². The predicted octanol–water partition coefficient (Wildman–Crippen LogP) is 0.485. The van der Waals surface area contributed by atoms with Crippen molar-refractivity contribution >= 4 is 33.4 Å². The summed E-state index contributed by atoms with van der Waals surface area (Å²) in [7, 11) is -4.05. The Balaban J connectivity index is 2.42. The molecule has 3 N–H and O–H groups in total. The minimum atomic E-state index is -4.05. The number of hydrogen-bond acceptors (Lipinski definition) is 4. The fourth-order valence-corrected chi connectivity index (χ4v) is 4.17. The normalized spacial score (nSPS) is 19.2. The van der Waals surface area contributed by atoms with Crippen LogP contribution in [0, 0.1) is 0 Å². The van der Waals surface area contributed by atoms with E-state index in [2.05, 4.69) is 5.32 Å². The summed E-state index contributed by atoms with van der Waals surface area (Å²) in [5, 5.41) is 3.05. The van der Waals surface area contributed by atoms with Crippen LogP contribution in [0.2, 0.25) is 5.02 Å². The summed E-state index contributed by atoms with van der Waals surface area (Å²) in [4.78, 5) is 23.5. The largest absolute Gasteiger partial charge is 0.369 e. The summed E-state index contributed by atoms with van der Waals surface area (Å²) in [5.74, 6) is -1.24. The lowest BCUT2D eigenvalue weighted by molar-refractivity contribution is -0.125. The van der Waals surface area contributed by atoms with Gasteiger partial charge in [0.25, 0.3) is 0 Å². The van der Waals surface area contributed by atoms with Crippen LogP contribution in [0.25, 0.3) is 0 Å². The van der Waals surface area contributed by atoms with Crippen molar-refractivity contribution in [2.45, 2.75) is 30.2 Å². The van der Waals surface area contributed by atoms with E-state index in [0.29, 0.717) is 24.4 Å². The van der Waals surface area contributed by atoms with E-state index in [4.69, 9.17) is 17.3 Å².